The molecule has 5 nitrogen and oxygen atoms in total. The molecule has 72 valence electrons. The van der Waals surface area contributed by atoms with Crippen LogP contribution in [-0.2, 0) is 0 Å². The highest BCUT2D eigenvalue weighted by Gasteiger charge is 2.07. The number of nitriles is 1. The fraction of sp³-hybridized carbons (Fsp3) is 0.111. The maximum Gasteiger partial charge on any atom is 0.148 e. The molecule has 1 rings (SSSR count). The first kappa shape index (κ1) is 9.86. The van der Waals surface area contributed by atoms with Gasteiger partial charge in [0.1, 0.15) is 23.3 Å². The van der Waals surface area contributed by atoms with Crippen LogP contribution in [0.3, 0.4) is 0 Å². The summed E-state index contributed by atoms with van der Waals surface area (Å²) in [7, 11) is 0. The highest BCUT2D eigenvalue weighted by atomic mass is 15.0. The van der Waals surface area contributed by atoms with Crippen molar-refractivity contribution >= 4 is 17.3 Å². The van der Waals surface area contributed by atoms with E-state index >= 15 is 0 Å². The van der Waals surface area contributed by atoms with E-state index in [1.54, 1.807) is 6.08 Å². The highest BCUT2D eigenvalue weighted by Crippen LogP contribution is 2.21. The van der Waals surface area contributed by atoms with E-state index in [4.69, 9.17) is 16.7 Å². The number of pyridine rings is 1. The van der Waals surface area contributed by atoms with Gasteiger partial charge in [-0.05, 0) is 0 Å². The van der Waals surface area contributed by atoms with E-state index < -0.39 is 0 Å². The van der Waals surface area contributed by atoms with Crippen molar-refractivity contribution in [2.45, 2.75) is 0 Å². The molecule has 0 fully saturated rings. The van der Waals surface area contributed by atoms with Crippen molar-refractivity contribution in [1.82, 2.24) is 4.98 Å². The summed E-state index contributed by atoms with van der Waals surface area (Å²) in [5.41, 5.74) is 11.7. The minimum absolute atomic E-state index is 0.285. The molecule has 14 heavy (non-hydrogen) atoms. The summed E-state index contributed by atoms with van der Waals surface area (Å²) in [6, 6.07) is 3.42. The van der Waals surface area contributed by atoms with Gasteiger partial charge in [0.15, 0.2) is 0 Å². The Morgan fingerprint density at radius 2 is 2.36 bits per heavy atom. The minimum atomic E-state index is 0.285. The molecule has 0 aliphatic heterocycles. The number of nitrogen functional groups attached to an aromatic ring is 2. The molecule has 1 aromatic heterocycles. The number of anilines is 3. The zero-order valence-corrected chi connectivity index (χ0v) is 7.62. The van der Waals surface area contributed by atoms with E-state index in [1.807, 2.05) is 6.07 Å². The van der Waals surface area contributed by atoms with E-state index in [1.165, 1.54) is 6.07 Å². The number of rotatable bonds is 3. The van der Waals surface area contributed by atoms with Gasteiger partial charge in [-0.1, -0.05) is 6.08 Å². The van der Waals surface area contributed by atoms with Crippen LogP contribution in [0.2, 0.25) is 0 Å². The minimum Gasteiger partial charge on any atom is -0.397 e. The molecule has 0 aromatic carbocycles. The molecule has 0 aliphatic rings. The van der Waals surface area contributed by atoms with Crippen LogP contribution in [0.25, 0.3) is 0 Å². The molecule has 0 amide bonds. The molecule has 0 unspecified atom stereocenters. The number of nitrogens with one attached hydrogen (secondary N) is 1. The van der Waals surface area contributed by atoms with E-state index in [2.05, 4.69) is 16.9 Å². The number of hydrogen-bond donors (Lipinski definition) is 3. The molecule has 1 heterocycles. The van der Waals surface area contributed by atoms with Crippen molar-refractivity contribution in [3.8, 4) is 6.07 Å². The quantitative estimate of drug-likeness (QED) is 0.608. The summed E-state index contributed by atoms with van der Waals surface area (Å²) in [4.78, 5) is 3.96. The third kappa shape index (κ3) is 1.93. The molecule has 1 aromatic rings. The Bertz CT molecular complexity index is 391. The average Bonchev–Trinajstić information content (AvgIpc) is 2.14. The molecule has 0 radical (unpaired) electrons. The van der Waals surface area contributed by atoms with Crippen LogP contribution in [-0.4, -0.2) is 11.5 Å². The van der Waals surface area contributed by atoms with Gasteiger partial charge >= 0.3 is 0 Å². The van der Waals surface area contributed by atoms with E-state index in [-0.39, 0.29) is 5.82 Å². The van der Waals surface area contributed by atoms with Crippen molar-refractivity contribution in [2.75, 3.05) is 23.3 Å². The molecule has 0 aliphatic carbocycles. The first-order valence-corrected chi connectivity index (χ1v) is 4.00. The maximum absolute atomic E-state index is 8.81. The van der Waals surface area contributed by atoms with Crippen molar-refractivity contribution < 1.29 is 0 Å². The second-order valence-electron chi connectivity index (χ2n) is 2.64. The summed E-state index contributed by atoms with van der Waals surface area (Å²) in [5.74, 6) is 0.679. The predicted molar refractivity (Wildman–Crippen MR) is 56.5 cm³/mol. The van der Waals surface area contributed by atoms with Crippen molar-refractivity contribution in [2.24, 2.45) is 0 Å². The summed E-state index contributed by atoms with van der Waals surface area (Å²) in [6.45, 7) is 4.04. The number of nitrogens with two attached hydrogens (primary N) is 2. The van der Waals surface area contributed by atoms with Gasteiger partial charge in [0.05, 0.1) is 5.69 Å². The summed E-state index contributed by atoms with van der Waals surface area (Å²) in [5, 5.41) is 11.7. The maximum atomic E-state index is 8.81. The second kappa shape index (κ2) is 4.14. The molecular weight excluding hydrogens is 178 g/mol. The third-order valence-electron chi connectivity index (χ3n) is 1.60. The molecule has 0 spiro atoms. The molecule has 0 saturated carbocycles. The van der Waals surface area contributed by atoms with Crippen molar-refractivity contribution in [1.29, 1.82) is 5.26 Å². The Kier molecular flexibility index (Phi) is 2.92. The topological polar surface area (TPSA) is 101 Å². The van der Waals surface area contributed by atoms with Gasteiger partial charge in [-0.3, -0.25) is 0 Å². The normalized spacial score (nSPS) is 9.07. The van der Waals surface area contributed by atoms with E-state index in [0.717, 1.165) is 0 Å². The summed E-state index contributed by atoms with van der Waals surface area (Å²) < 4.78 is 0. The van der Waals surface area contributed by atoms with Crippen molar-refractivity contribution in [3.05, 3.63) is 24.3 Å². The monoisotopic (exact) mass is 189 g/mol. The molecule has 5 heteroatoms. The first-order chi connectivity index (χ1) is 6.69. The van der Waals surface area contributed by atoms with Crippen LogP contribution in [0.5, 0.6) is 0 Å². The van der Waals surface area contributed by atoms with Crippen molar-refractivity contribution in [3.63, 3.8) is 0 Å². The molecule has 0 atom stereocenters. The van der Waals surface area contributed by atoms with Gasteiger partial charge in [-0.25, -0.2) is 4.98 Å². The third-order valence-corrected chi connectivity index (χ3v) is 1.60. The van der Waals surface area contributed by atoms with Crippen LogP contribution in [0.15, 0.2) is 18.7 Å². The fourth-order valence-electron chi connectivity index (χ4n) is 1.000. The first-order valence-electron chi connectivity index (χ1n) is 4.00. The zero-order valence-electron chi connectivity index (χ0n) is 7.62. The van der Waals surface area contributed by atoms with Crippen LogP contribution in [0.1, 0.15) is 5.56 Å². The summed E-state index contributed by atoms with van der Waals surface area (Å²) >= 11 is 0. The molecule has 0 saturated heterocycles. The Hall–Kier alpha value is -2.22. The Morgan fingerprint density at radius 1 is 1.64 bits per heavy atom. The van der Waals surface area contributed by atoms with Gasteiger partial charge in [-0.15, -0.1) is 6.58 Å². The summed E-state index contributed by atoms with van der Waals surface area (Å²) in [6.07, 6.45) is 1.65. The van der Waals surface area contributed by atoms with Gasteiger partial charge in [0.2, 0.25) is 0 Å². The number of nitrogens with zero attached hydrogens (tertiary/aromatic N) is 2. The van der Waals surface area contributed by atoms with Gasteiger partial charge in [-0.2, -0.15) is 5.26 Å². The Labute approximate surface area is 82.0 Å². The average molecular weight is 189 g/mol. The largest absolute Gasteiger partial charge is 0.397 e. The van der Waals surface area contributed by atoms with Gasteiger partial charge in [0.25, 0.3) is 0 Å². The van der Waals surface area contributed by atoms with Crippen LogP contribution in [0.4, 0.5) is 17.3 Å². The van der Waals surface area contributed by atoms with E-state index in [0.29, 0.717) is 23.6 Å². The SMILES string of the molecule is C=CCNc1nc(N)cc(N)c1C#N. The second-order valence-corrected chi connectivity index (χ2v) is 2.64. The predicted octanol–water partition coefficient (Wildman–Crippen LogP) is 0.716. The lowest BCUT2D eigenvalue weighted by molar-refractivity contribution is 1.22. The lowest BCUT2D eigenvalue weighted by atomic mass is 10.2. The standard InChI is InChI=1S/C9H11N5/c1-2-3-13-9-6(5-10)7(11)4-8(12)14-9/h2,4H,1,3H2,(H5,11,12,13,14). The van der Waals surface area contributed by atoms with Crippen LogP contribution < -0.4 is 16.8 Å². The molecular formula is C9H11N5. The fourth-order valence-corrected chi connectivity index (χ4v) is 1.000. The lowest BCUT2D eigenvalue weighted by Gasteiger charge is -2.07. The smallest absolute Gasteiger partial charge is 0.148 e. The number of hydrogen-bond acceptors (Lipinski definition) is 5. The Balaban J connectivity index is 3.12. The number of aromatic nitrogens is 1. The Morgan fingerprint density at radius 3 is 2.93 bits per heavy atom. The van der Waals surface area contributed by atoms with Crippen LogP contribution in [0, 0.1) is 11.3 Å². The van der Waals surface area contributed by atoms with E-state index in [9.17, 15) is 0 Å². The molecule has 0 bridgehead atoms. The molecule has 5 N–H and O–H groups in total. The van der Waals surface area contributed by atoms with Gasteiger partial charge < -0.3 is 16.8 Å². The van der Waals surface area contributed by atoms with Crippen LogP contribution >= 0.6 is 0 Å². The zero-order chi connectivity index (χ0) is 10.6. The lowest BCUT2D eigenvalue weighted by Crippen LogP contribution is -2.07. The highest BCUT2D eigenvalue weighted by molar-refractivity contribution is 5.69. The van der Waals surface area contributed by atoms with Gasteiger partial charge in [0, 0.05) is 12.6 Å².